The molecule has 2 heterocycles. The monoisotopic (exact) mass is 555 g/mol. The van der Waals surface area contributed by atoms with Crippen LogP contribution in [-0.4, -0.2) is 48.5 Å². The number of rotatable bonds is 9. The number of hydroxylamine groups is 2. The molecular formula is C27H30ClF4N3O3. The number of nitrogens with zero attached hydrogens (tertiary/aromatic N) is 2. The number of aromatic nitrogens is 1. The summed E-state index contributed by atoms with van der Waals surface area (Å²) in [6.07, 6.45) is -1.66. The summed E-state index contributed by atoms with van der Waals surface area (Å²) >= 11 is 6.33. The summed E-state index contributed by atoms with van der Waals surface area (Å²) in [7, 11) is 1.66. The lowest BCUT2D eigenvalue weighted by atomic mass is 9.88. The smallest absolute Gasteiger partial charge is 0.383 e. The van der Waals surface area contributed by atoms with Crippen molar-refractivity contribution in [2.24, 2.45) is 0 Å². The third-order valence-electron chi connectivity index (χ3n) is 6.81. The van der Waals surface area contributed by atoms with E-state index < -0.39 is 17.9 Å². The number of hydrogen-bond acceptors (Lipinski definition) is 4. The largest absolute Gasteiger partial charge is 0.471 e. The van der Waals surface area contributed by atoms with Gasteiger partial charge in [-0.1, -0.05) is 23.7 Å². The molecule has 0 atom stereocenters. The van der Waals surface area contributed by atoms with E-state index in [2.05, 4.69) is 10.8 Å². The van der Waals surface area contributed by atoms with Crippen LogP contribution >= 0.6 is 11.6 Å². The fourth-order valence-electron chi connectivity index (χ4n) is 4.92. The summed E-state index contributed by atoms with van der Waals surface area (Å²) < 4.78 is 59.3. The number of carbonyl (C=O) groups excluding carboxylic acids is 1. The van der Waals surface area contributed by atoms with Gasteiger partial charge < -0.3 is 14.6 Å². The quantitative estimate of drug-likeness (QED) is 0.335. The van der Waals surface area contributed by atoms with Crippen molar-refractivity contribution >= 4 is 28.4 Å². The maximum atomic E-state index is 14.6. The Kier molecular flexibility index (Phi) is 8.97. The van der Waals surface area contributed by atoms with Crippen molar-refractivity contribution in [2.45, 2.75) is 51.6 Å². The molecule has 1 N–H and O–H groups in total. The zero-order valence-corrected chi connectivity index (χ0v) is 22.0. The van der Waals surface area contributed by atoms with Crippen molar-refractivity contribution < 1.29 is 31.9 Å². The first-order valence-corrected chi connectivity index (χ1v) is 12.7. The molecule has 206 valence electrons. The molecule has 0 radical (unpaired) electrons. The molecule has 0 unspecified atom stereocenters. The van der Waals surface area contributed by atoms with Gasteiger partial charge in [0.2, 0.25) is 0 Å². The van der Waals surface area contributed by atoms with E-state index >= 15 is 0 Å². The standard InChI is InChI=1S/C27H30ClF4N3O3/c1-17-11-21(28)13-23-20(15-34(25(17)23)9-10-37-2)16-38-35-7-5-19(6-8-35)22-12-18(3-4-24(22)29)14-33-26(36)27(30,31)32/h3-4,11-13,15,19H,5-10,14,16H2,1-2H3,(H,33,36). The van der Waals surface area contributed by atoms with Gasteiger partial charge in [0.25, 0.3) is 0 Å². The summed E-state index contributed by atoms with van der Waals surface area (Å²) in [5.74, 6) is -2.54. The van der Waals surface area contributed by atoms with Crippen LogP contribution in [0.2, 0.25) is 5.02 Å². The number of ether oxygens (including phenoxy) is 1. The van der Waals surface area contributed by atoms with Gasteiger partial charge in [-0.2, -0.15) is 18.2 Å². The van der Waals surface area contributed by atoms with Crippen LogP contribution in [0.25, 0.3) is 10.9 Å². The third kappa shape index (κ3) is 6.66. The van der Waals surface area contributed by atoms with Crippen molar-refractivity contribution in [3.63, 3.8) is 0 Å². The summed E-state index contributed by atoms with van der Waals surface area (Å²) in [4.78, 5) is 17.2. The highest BCUT2D eigenvalue weighted by atomic mass is 35.5. The molecule has 3 aromatic rings. The normalized spacial score (nSPS) is 15.3. The molecule has 0 saturated carbocycles. The molecule has 2 aromatic carbocycles. The van der Waals surface area contributed by atoms with E-state index in [0.29, 0.717) is 61.8 Å². The number of nitrogens with one attached hydrogen (secondary N) is 1. The first-order valence-electron chi connectivity index (χ1n) is 12.3. The van der Waals surface area contributed by atoms with Gasteiger partial charge in [-0.05, 0) is 60.6 Å². The van der Waals surface area contributed by atoms with Gasteiger partial charge in [-0.15, -0.1) is 0 Å². The van der Waals surface area contributed by atoms with E-state index in [1.165, 1.54) is 18.2 Å². The number of halogens is 5. The number of piperidine rings is 1. The second-order valence-electron chi connectivity index (χ2n) is 9.47. The molecule has 1 aromatic heterocycles. The Morgan fingerprint density at radius 1 is 1.18 bits per heavy atom. The van der Waals surface area contributed by atoms with Crippen LogP contribution in [0, 0.1) is 12.7 Å². The van der Waals surface area contributed by atoms with Crippen molar-refractivity contribution in [1.29, 1.82) is 0 Å². The number of methoxy groups -OCH3 is 1. The SMILES string of the molecule is COCCn1cc(CON2CCC(c3cc(CNC(=O)C(F)(F)F)ccc3F)CC2)c2cc(Cl)cc(C)c21. The molecule has 1 fully saturated rings. The summed E-state index contributed by atoms with van der Waals surface area (Å²) in [6, 6.07) is 8.02. The minimum atomic E-state index is -4.96. The predicted octanol–water partition coefficient (Wildman–Crippen LogP) is 5.88. The van der Waals surface area contributed by atoms with Crippen molar-refractivity contribution in [2.75, 3.05) is 26.8 Å². The van der Waals surface area contributed by atoms with Crippen molar-refractivity contribution in [1.82, 2.24) is 14.9 Å². The molecule has 11 heteroatoms. The zero-order chi connectivity index (χ0) is 27.4. The highest BCUT2D eigenvalue weighted by Crippen LogP contribution is 2.32. The fraction of sp³-hybridized carbons (Fsp3) is 0.444. The Balaban J connectivity index is 1.37. The van der Waals surface area contributed by atoms with Crippen LogP contribution in [0.15, 0.2) is 36.5 Å². The maximum absolute atomic E-state index is 14.6. The van der Waals surface area contributed by atoms with E-state index in [1.54, 1.807) is 7.11 Å². The van der Waals surface area contributed by atoms with Gasteiger partial charge in [0.1, 0.15) is 5.82 Å². The Bertz CT molecular complexity index is 1290. The molecule has 6 nitrogen and oxygen atoms in total. The van der Waals surface area contributed by atoms with E-state index in [0.717, 1.165) is 22.0 Å². The topological polar surface area (TPSA) is 55.7 Å². The highest BCUT2D eigenvalue weighted by molar-refractivity contribution is 6.31. The van der Waals surface area contributed by atoms with Crippen LogP contribution in [0.4, 0.5) is 17.6 Å². The maximum Gasteiger partial charge on any atom is 0.471 e. The van der Waals surface area contributed by atoms with Gasteiger partial charge in [0.15, 0.2) is 0 Å². The molecule has 4 rings (SSSR count). The van der Waals surface area contributed by atoms with Crippen molar-refractivity contribution in [3.05, 3.63) is 69.6 Å². The average molecular weight is 556 g/mol. The zero-order valence-electron chi connectivity index (χ0n) is 21.2. The van der Waals surface area contributed by atoms with Crippen LogP contribution in [0.1, 0.15) is 41.0 Å². The average Bonchev–Trinajstić information content (AvgIpc) is 3.22. The molecule has 1 aliphatic rings. The van der Waals surface area contributed by atoms with Gasteiger partial charge in [0, 0.05) is 55.5 Å². The van der Waals surface area contributed by atoms with Gasteiger partial charge in [0.05, 0.1) is 18.7 Å². The van der Waals surface area contributed by atoms with Gasteiger partial charge in [-0.25, -0.2) is 4.39 Å². The molecule has 1 saturated heterocycles. The molecule has 1 aliphatic heterocycles. The minimum Gasteiger partial charge on any atom is -0.383 e. The van der Waals surface area contributed by atoms with Gasteiger partial charge in [-0.3, -0.25) is 9.63 Å². The third-order valence-corrected chi connectivity index (χ3v) is 7.03. The van der Waals surface area contributed by atoms with Crippen molar-refractivity contribution in [3.8, 4) is 0 Å². The first kappa shape index (κ1) is 28.4. The van der Waals surface area contributed by atoms with E-state index in [1.807, 2.05) is 29.4 Å². The number of fused-ring (bicyclic) bond motifs is 1. The minimum absolute atomic E-state index is 0.106. The first-order chi connectivity index (χ1) is 18.1. The van der Waals surface area contributed by atoms with E-state index in [9.17, 15) is 22.4 Å². The molecular weight excluding hydrogens is 526 g/mol. The highest BCUT2D eigenvalue weighted by Gasteiger charge is 2.38. The number of benzene rings is 2. The summed E-state index contributed by atoms with van der Waals surface area (Å²) in [5.41, 5.74) is 4.01. The number of alkyl halides is 3. The Morgan fingerprint density at radius 2 is 1.92 bits per heavy atom. The number of aryl methyl sites for hydroxylation is 1. The van der Waals surface area contributed by atoms with E-state index in [-0.39, 0.29) is 12.5 Å². The molecule has 38 heavy (non-hydrogen) atoms. The summed E-state index contributed by atoms with van der Waals surface area (Å²) in [5, 5.41) is 5.37. The Morgan fingerprint density at radius 3 is 2.61 bits per heavy atom. The number of hydrogen-bond donors (Lipinski definition) is 1. The lowest BCUT2D eigenvalue weighted by Crippen LogP contribution is -2.36. The van der Waals surface area contributed by atoms with Crippen LogP contribution in [0.5, 0.6) is 0 Å². The Labute approximate surface area is 223 Å². The van der Waals surface area contributed by atoms with Crippen LogP contribution in [0.3, 0.4) is 0 Å². The molecule has 0 spiro atoms. The second-order valence-corrected chi connectivity index (χ2v) is 9.91. The lowest BCUT2D eigenvalue weighted by Gasteiger charge is -2.31. The number of amides is 1. The number of carbonyl (C=O) groups is 1. The van der Waals surface area contributed by atoms with Crippen LogP contribution in [-0.2, 0) is 34.1 Å². The summed E-state index contributed by atoms with van der Waals surface area (Å²) in [6.45, 7) is 4.46. The Hall–Kier alpha value is -2.66. The van der Waals surface area contributed by atoms with E-state index in [4.69, 9.17) is 21.2 Å². The fourth-order valence-corrected chi connectivity index (χ4v) is 5.19. The lowest BCUT2D eigenvalue weighted by molar-refractivity contribution is -0.180. The van der Waals surface area contributed by atoms with Crippen LogP contribution < -0.4 is 5.32 Å². The second kappa shape index (κ2) is 12.0. The van der Waals surface area contributed by atoms with Gasteiger partial charge >= 0.3 is 12.1 Å². The molecule has 1 amide bonds. The molecule has 0 bridgehead atoms. The predicted molar refractivity (Wildman–Crippen MR) is 136 cm³/mol. The molecule has 0 aliphatic carbocycles.